The molecule has 130 valence electrons. The molecule has 1 saturated heterocycles. The van der Waals surface area contributed by atoms with Crippen molar-refractivity contribution in [3.05, 3.63) is 36.1 Å². The van der Waals surface area contributed by atoms with Crippen LogP contribution in [0.5, 0.6) is 5.75 Å². The molecular formula is C16H16N4O5. The van der Waals surface area contributed by atoms with Gasteiger partial charge in [-0.3, -0.25) is 14.5 Å². The van der Waals surface area contributed by atoms with Crippen molar-refractivity contribution in [2.45, 2.75) is 6.54 Å². The van der Waals surface area contributed by atoms with Crippen molar-refractivity contribution in [3.63, 3.8) is 0 Å². The van der Waals surface area contributed by atoms with Crippen molar-refractivity contribution >= 4 is 17.8 Å². The summed E-state index contributed by atoms with van der Waals surface area (Å²) in [5.74, 6) is 0.247. The number of nitrogens with zero attached hydrogens (tertiary/aromatic N) is 2. The van der Waals surface area contributed by atoms with E-state index in [1.807, 2.05) is 24.3 Å². The molecule has 0 spiro atoms. The summed E-state index contributed by atoms with van der Waals surface area (Å²) < 4.78 is 10.4. The summed E-state index contributed by atoms with van der Waals surface area (Å²) in [4.78, 5) is 35.5. The topological polar surface area (TPSA) is 114 Å². The van der Waals surface area contributed by atoms with Crippen molar-refractivity contribution in [2.75, 3.05) is 20.2 Å². The predicted molar refractivity (Wildman–Crippen MR) is 85.4 cm³/mol. The van der Waals surface area contributed by atoms with E-state index in [0.717, 1.165) is 10.5 Å². The largest absolute Gasteiger partial charge is 0.497 e. The molecule has 1 fully saturated rings. The predicted octanol–water partition coefficient (Wildman–Crippen LogP) is 0.518. The van der Waals surface area contributed by atoms with Gasteiger partial charge in [0.25, 0.3) is 5.91 Å². The smallest absolute Gasteiger partial charge is 0.325 e. The maximum atomic E-state index is 11.9. The molecule has 0 saturated carbocycles. The lowest BCUT2D eigenvalue weighted by Gasteiger charge is -2.11. The minimum Gasteiger partial charge on any atom is -0.497 e. The highest BCUT2D eigenvalue weighted by atomic mass is 16.5. The Balaban J connectivity index is 1.57. The normalized spacial score (nSPS) is 13.7. The van der Waals surface area contributed by atoms with Gasteiger partial charge >= 0.3 is 6.03 Å². The highest BCUT2D eigenvalue weighted by Gasteiger charge is 2.30. The Labute approximate surface area is 142 Å². The Bertz CT molecular complexity index is 800. The van der Waals surface area contributed by atoms with E-state index in [9.17, 15) is 14.4 Å². The van der Waals surface area contributed by atoms with E-state index in [2.05, 4.69) is 15.8 Å². The van der Waals surface area contributed by atoms with Crippen LogP contribution in [0, 0.1) is 0 Å². The monoisotopic (exact) mass is 344 g/mol. The lowest BCUT2D eigenvalue weighted by molar-refractivity contribution is -0.130. The third-order valence-electron chi connectivity index (χ3n) is 3.62. The quantitative estimate of drug-likeness (QED) is 0.739. The van der Waals surface area contributed by atoms with Gasteiger partial charge in [-0.1, -0.05) is 17.3 Å². The van der Waals surface area contributed by atoms with E-state index in [1.54, 1.807) is 13.2 Å². The summed E-state index contributed by atoms with van der Waals surface area (Å²) in [6, 6.07) is 8.46. The molecule has 0 unspecified atom stereocenters. The molecule has 0 radical (unpaired) electrons. The van der Waals surface area contributed by atoms with E-state index in [4.69, 9.17) is 9.26 Å². The molecule has 25 heavy (non-hydrogen) atoms. The molecule has 0 bridgehead atoms. The van der Waals surface area contributed by atoms with E-state index >= 15 is 0 Å². The van der Waals surface area contributed by atoms with Crippen LogP contribution in [0.1, 0.15) is 5.76 Å². The van der Waals surface area contributed by atoms with Crippen LogP contribution >= 0.6 is 0 Å². The number of urea groups is 1. The SMILES string of the molecule is COc1cccc(-c2cc(CNC(=O)CN3C(=O)CNC3=O)on2)c1. The standard InChI is InChI=1S/C16H16N4O5/c1-24-11-4-2-3-10(5-11)13-6-12(25-19-13)7-17-14(21)9-20-15(22)8-18-16(20)23/h2-6H,7-9H2,1H3,(H,17,21)(H,18,23). The minimum atomic E-state index is -0.569. The lowest BCUT2D eigenvalue weighted by atomic mass is 10.1. The second-order valence-electron chi connectivity index (χ2n) is 5.33. The van der Waals surface area contributed by atoms with Gasteiger partial charge in [-0.2, -0.15) is 0 Å². The van der Waals surface area contributed by atoms with Gasteiger partial charge in [0.1, 0.15) is 18.0 Å². The maximum Gasteiger partial charge on any atom is 0.325 e. The zero-order chi connectivity index (χ0) is 17.8. The van der Waals surface area contributed by atoms with Crippen LogP contribution in [0.15, 0.2) is 34.9 Å². The number of benzene rings is 1. The Morgan fingerprint density at radius 1 is 1.40 bits per heavy atom. The lowest BCUT2D eigenvalue weighted by Crippen LogP contribution is -2.40. The maximum absolute atomic E-state index is 11.9. The molecule has 4 amide bonds. The summed E-state index contributed by atoms with van der Waals surface area (Å²) in [5, 5.41) is 8.89. The first-order valence-corrected chi connectivity index (χ1v) is 7.51. The molecule has 2 aromatic rings. The van der Waals surface area contributed by atoms with Crippen LogP contribution in [-0.4, -0.2) is 48.1 Å². The second-order valence-corrected chi connectivity index (χ2v) is 5.33. The molecular weight excluding hydrogens is 328 g/mol. The molecule has 1 aromatic heterocycles. The third-order valence-corrected chi connectivity index (χ3v) is 3.62. The molecule has 9 heteroatoms. The second kappa shape index (κ2) is 7.04. The highest BCUT2D eigenvalue weighted by molar-refractivity contribution is 6.04. The zero-order valence-electron chi connectivity index (χ0n) is 13.4. The number of carbonyl (C=O) groups excluding carboxylic acids is 3. The molecule has 9 nitrogen and oxygen atoms in total. The van der Waals surface area contributed by atoms with Gasteiger partial charge in [0, 0.05) is 11.6 Å². The Kier molecular flexibility index (Phi) is 4.64. The van der Waals surface area contributed by atoms with Gasteiger partial charge < -0.3 is 19.9 Å². The number of nitrogens with one attached hydrogen (secondary N) is 2. The van der Waals surface area contributed by atoms with Crippen LogP contribution in [-0.2, 0) is 16.1 Å². The van der Waals surface area contributed by atoms with Gasteiger partial charge in [-0.25, -0.2) is 4.79 Å². The van der Waals surface area contributed by atoms with Crippen molar-refractivity contribution in [3.8, 4) is 17.0 Å². The number of imide groups is 1. The Morgan fingerprint density at radius 2 is 2.24 bits per heavy atom. The Hall–Kier alpha value is -3.36. The van der Waals surface area contributed by atoms with Crippen LogP contribution in [0.4, 0.5) is 4.79 Å². The summed E-state index contributed by atoms with van der Waals surface area (Å²) >= 11 is 0. The summed E-state index contributed by atoms with van der Waals surface area (Å²) in [6.07, 6.45) is 0. The minimum absolute atomic E-state index is 0.0852. The summed E-state index contributed by atoms with van der Waals surface area (Å²) in [5.41, 5.74) is 1.43. The number of methoxy groups -OCH3 is 1. The van der Waals surface area contributed by atoms with Gasteiger partial charge in [0.2, 0.25) is 5.91 Å². The van der Waals surface area contributed by atoms with E-state index < -0.39 is 17.8 Å². The van der Waals surface area contributed by atoms with Crippen LogP contribution in [0.2, 0.25) is 0 Å². The fraction of sp³-hybridized carbons (Fsp3) is 0.250. The molecule has 0 atom stereocenters. The molecule has 1 aliphatic heterocycles. The van der Waals surface area contributed by atoms with Gasteiger partial charge in [-0.15, -0.1) is 0 Å². The molecule has 2 N–H and O–H groups in total. The molecule has 0 aliphatic carbocycles. The van der Waals surface area contributed by atoms with Crippen LogP contribution < -0.4 is 15.4 Å². The van der Waals surface area contributed by atoms with Crippen molar-refractivity contribution in [1.82, 2.24) is 20.7 Å². The molecule has 3 rings (SSSR count). The average molecular weight is 344 g/mol. The van der Waals surface area contributed by atoms with Gasteiger partial charge in [-0.05, 0) is 12.1 Å². The Morgan fingerprint density at radius 3 is 2.96 bits per heavy atom. The average Bonchev–Trinajstić information content (AvgIpc) is 3.22. The first-order chi connectivity index (χ1) is 12.1. The van der Waals surface area contributed by atoms with Crippen molar-refractivity contribution in [1.29, 1.82) is 0 Å². The fourth-order valence-electron chi connectivity index (χ4n) is 2.32. The van der Waals surface area contributed by atoms with Crippen molar-refractivity contribution in [2.24, 2.45) is 0 Å². The summed E-state index contributed by atoms with van der Waals surface area (Å²) in [6.45, 7) is -0.320. The molecule has 2 heterocycles. The summed E-state index contributed by atoms with van der Waals surface area (Å²) in [7, 11) is 1.58. The van der Waals surface area contributed by atoms with Crippen LogP contribution in [0.25, 0.3) is 11.3 Å². The fourth-order valence-corrected chi connectivity index (χ4v) is 2.32. The number of rotatable bonds is 6. The zero-order valence-corrected chi connectivity index (χ0v) is 13.4. The number of hydrogen-bond donors (Lipinski definition) is 2. The van der Waals surface area contributed by atoms with E-state index in [0.29, 0.717) is 17.2 Å². The highest BCUT2D eigenvalue weighted by Crippen LogP contribution is 2.23. The third kappa shape index (κ3) is 3.77. The first-order valence-electron chi connectivity index (χ1n) is 7.51. The number of hydrogen-bond acceptors (Lipinski definition) is 6. The van der Waals surface area contributed by atoms with Gasteiger partial charge in [0.15, 0.2) is 5.76 Å². The van der Waals surface area contributed by atoms with Gasteiger partial charge in [0.05, 0.1) is 20.2 Å². The van der Waals surface area contributed by atoms with Crippen molar-refractivity contribution < 1.29 is 23.6 Å². The number of ether oxygens (including phenoxy) is 1. The number of carbonyl (C=O) groups is 3. The number of aromatic nitrogens is 1. The number of amides is 4. The molecule has 1 aliphatic rings. The first kappa shape index (κ1) is 16.5. The van der Waals surface area contributed by atoms with E-state index in [-0.39, 0.29) is 19.6 Å². The van der Waals surface area contributed by atoms with E-state index in [1.165, 1.54) is 0 Å². The van der Waals surface area contributed by atoms with Crippen LogP contribution in [0.3, 0.4) is 0 Å². The molecule has 1 aromatic carbocycles.